The molecule has 8 heteroatoms. The summed E-state index contributed by atoms with van der Waals surface area (Å²) in [6.07, 6.45) is 4.01. The first-order valence-corrected chi connectivity index (χ1v) is 13.9. The second-order valence-electron chi connectivity index (χ2n) is 9.56. The van der Waals surface area contributed by atoms with Gasteiger partial charge in [0.1, 0.15) is 5.75 Å². The molecule has 1 aliphatic rings. The average Bonchev–Trinajstić information content (AvgIpc) is 3.49. The largest absolute Gasteiger partial charge is 0.497 e. The first-order chi connectivity index (χ1) is 19.5. The highest BCUT2D eigenvalue weighted by Gasteiger charge is 2.32. The molecule has 2 aromatic heterocycles. The van der Waals surface area contributed by atoms with E-state index in [1.165, 1.54) is 11.3 Å². The molecule has 3 heterocycles. The molecule has 6 rings (SSSR count). The Morgan fingerprint density at radius 2 is 1.77 bits per heavy atom. The van der Waals surface area contributed by atoms with Gasteiger partial charge in [-0.1, -0.05) is 59.9 Å². The number of nitrogens with one attached hydrogen (secondary N) is 1. The van der Waals surface area contributed by atoms with Crippen LogP contribution in [0.3, 0.4) is 0 Å². The van der Waals surface area contributed by atoms with E-state index in [0.717, 1.165) is 28.6 Å². The molecule has 0 bridgehead atoms. The molecule has 7 nitrogen and oxygen atoms in total. The van der Waals surface area contributed by atoms with E-state index in [1.807, 2.05) is 79.7 Å². The van der Waals surface area contributed by atoms with Crippen LogP contribution in [-0.4, -0.2) is 22.2 Å². The van der Waals surface area contributed by atoms with Gasteiger partial charge in [-0.25, -0.2) is 4.99 Å². The third kappa shape index (κ3) is 4.46. The summed E-state index contributed by atoms with van der Waals surface area (Å²) >= 11 is 1.34. The lowest BCUT2D eigenvalue weighted by molar-refractivity contribution is -0.113. The van der Waals surface area contributed by atoms with E-state index in [4.69, 9.17) is 9.73 Å². The number of rotatable bonds is 6. The standard InChI is InChI=1S/C32H28N4O3S/c1-4-35-19-22(25-12-8-9-13-26(25)35)18-27-31(38)36-29(21-14-16-24(39-3)17-15-21)28(20(2)33-32(36)40-27)30(37)34-23-10-6-5-7-11-23/h5-19,29H,4H2,1-3H3,(H,34,37)/b27-18+/t29-/m1/s1. The topological polar surface area (TPSA) is 77.6 Å². The minimum absolute atomic E-state index is 0.185. The number of hydrogen-bond acceptors (Lipinski definition) is 5. The average molecular weight is 549 g/mol. The number of carbonyl (C=O) groups is 1. The number of allylic oxidation sites excluding steroid dienone is 1. The number of amides is 1. The number of aryl methyl sites for hydroxylation is 1. The van der Waals surface area contributed by atoms with Crippen molar-refractivity contribution in [1.29, 1.82) is 0 Å². The lowest BCUT2D eigenvalue weighted by Crippen LogP contribution is -2.40. The van der Waals surface area contributed by atoms with Gasteiger partial charge >= 0.3 is 0 Å². The van der Waals surface area contributed by atoms with E-state index in [2.05, 4.69) is 35.1 Å². The van der Waals surface area contributed by atoms with Crippen molar-refractivity contribution >= 4 is 39.9 Å². The van der Waals surface area contributed by atoms with E-state index in [1.54, 1.807) is 11.7 Å². The number of thiazole rings is 1. The summed E-state index contributed by atoms with van der Waals surface area (Å²) in [6, 6.07) is 24.3. The number of ether oxygens (including phenoxy) is 1. The first kappa shape index (κ1) is 25.6. The Bertz CT molecular complexity index is 1950. The maximum Gasteiger partial charge on any atom is 0.271 e. The highest BCUT2D eigenvalue weighted by Crippen LogP contribution is 2.32. The second-order valence-corrected chi connectivity index (χ2v) is 10.6. The summed E-state index contributed by atoms with van der Waals surface area (Å²) in [5.74, 6) is 0.396. The van der Waals surface area contributed by atoms with Crippen LogP contribution in [0, 0.1) is 0 Å². The maximum atomic E-state index is 14.1. The van der Waals surface area contributed by atoms with Crippen molar-refractivity contribution in [3.8, 4) is 5.75 Å². The normalized spacial score (nSPS) is 15.2. The molecule has 0 saturated heterocycles. The van der Waals surface area contributed by atoms with Crippen molar-refractivity contribution in [3.63, 3.8) is 0 Å². The fourth-order valence-corrected chi connectivity index (χ4v) is 6.26. The van der Waals surface area contributed by atoms with Crippen molar-refractivity contribution in [2.75, 3.05) is 12.4 Å². The molecular formula is C32H28N4O3S. The molecule has 0 spiro atoms. The van der Waals surface area contributed by atoms with Crippen LogP contribution < -0.4 is 24.9 Å². The van der Waals surface area contributed by atoms with Gasteiger partial charge in [-0.2, -0.15) is 0 Å². The summed E-state index contributed by atoms with van der Waals surface area (Å²) in [7, 11) is 1.61. The number of fused-ring (bicyclic) bond motifs is 2. The predicted octanol–water partition coefficient (Wildman–Crippen LogP) is 4.86. The predicted molar refractivity (Wildman–Crippen MR) is 159 cm³/mol. The third-order valence-electron chi connectivity index (χ3n) is 7.18. The van der Waals surface area contributed by atoms with Gasteiger partial charge in [0.05, 0.1) is 29.0 Å². The van der Waals surface area contributed by atoms with Crippen LogP contribution >= 0.6 is 11.3 Å². The Morgan fingerprint density at radius 1 is 1.05 bits per heavy atom. The summed E-state index contributed by atoms with van der Waals surface area (Å²) in [4.78, 5) is 33.1. The zero-order valence-corrected chi connectivity index (χ0v) is 23.2. The molecule has 1 atom stereocenters. The smallest absolute Gasteiger partial charge is 0.271 e. The highest BCUT2D eigenvalue weighted by atomic mass is 32.1. The van der Waals surface area contributed by atoms with Crippen LogP contribution in [0.25, 0.3) is 17.0 Å². The zero-order chi connectivity index (χ0) is 27.8. The fraction of sp³-hybridized carbons (Fsp3) is 0.156. The Morgan fingerprint density at radius 3 is 2.50 bits per heavy atom. The molecular weight excluding hydrogens is 520 g/mol. The molecule has 0 radical (unpaired) electrons. The fourth-order valence-electron chi connectivity index (χ4n) is 5.23. The van der Waals surface area contributed by atoms with Crippen molar-refractivity contribution in [1.82, 2.24) is 9.13 Å². The Labute approximate surface area is 235 Å². The molecule has 40 heavy (non-hydrogen) atoms. The van der Waals surface area contributed by atoms with E-state index >= 15 is 0 Å². The molecule has 1 amide bonds. The molecule has 0 unspecified atom stereocenters. The minimum Gasteiger partial charge on any atom is -0.497 e. The quantitative estimate of drug-likeness (QED) is 0.329. The molecule has 1 N–H and O–H groups in total. The summed E-state index contributed by atoms with van der Waals surface area (Å²) in [6.45, 7) is 4.75. The molecule has 1 aliphatic heterocycles. The molecule has 0 aliphatic carbocycles. The number of carbonyl (C=O) groups excluding carboxylic acids is 1. The van der Waals surface area contributed by atoms with E-state index < -0.39 is 6.04 Å². The van der Waals surface area contributed by atoms with Crippen molar-refractivity contribution in [3.05, 3.63) is 127 Å². The lowest BCUT2D eigenvalue weighted by Gasteiger charge is -2.25. The van der Waals surface area contributed by atoms with Gasteiger partial charge in [-0.3, -0.25) is 14.2 Å². The van der Waals surface area contributed by atoms with E-state index in [9.17, 15) is 9.59 Å². The highest BCUT2D eigenvalue weighted by molar-refractivity contribution is 7.07. The molecule has 0 saturated carbocycles. The SMILES string of the molecule is CCn1cc(/C=c2/sc3n(c2=O)[C@H](c2ccc(OC)cc2)C(C(=O)Nc2ccccc2)=C(C)N=3)c2ccccc21. The van der Waals surface area contributed by atoms with Crippen LogP contribution in [-0.2, 0) is 11.3 Å². The zero-order valence-electron chi connectivity index (χ0n) is 22.4. The monoisotopic (exact) mass is 548 g/mol. The number of aromatic nitrogens is 2. The van der Waals surface area contributed by atoms with Crippen LogP contribution in [0.2, 0.25) is 0 Å². The third-order valence-corrected chi connectivity index (χ3v) is 8.16. The van der Waals surface area contributed by atoms with Gasteiger partial charge in [0.15, 0.2) is 4.80 Å². The van der Waals surface area contributed by atoms with Gasteiger partial charge in [0, 0.05) is 34.9 Å². The van der Waals surface area contributed by atoms with Crippen molar-refractivity contribution in [2.24, 2.45) is 4.99 Å². The number of nitrogens with zero attached hydrogens (tertiary/aromatic N) is 3. The van der Waals surface area contributed by atoms with Crippen molar-refractivity contribution in [2.45, 2.75) is 26.4 Å². The first-order valence-electron chi connectivity index (χ1n) is 13.1. The molecule has 0 fully saturated rings. The number of para-hydroxylation sites is 2. The molecule has 200 valence electrons. The van der Waals surface area contributed by atoms with Crippen LogP contribution in [0.5, 0.6) is 5.75 Å². The number of hydrogen-bond donors (Lipinski definition) is 1. The minimum atomic E-state index is -0.648. The van der Waals surface area contributed by atoms with Gasteiger partial charge in [0.25, 0.3) is 11.5 Å². The molecule has 3 aromatic carbocycles. The van der Waals surface area contributed by atoms with Crippen LogP contribution in [0.15, 0.2) is 106 Å². The Hall–Kier alpha value is -4.69. The summed E-state index contributed by atoms with van der Waals surface area (Å²) in [5, 5.41) is 4.07. The van der Waals surface area contributed by atoms with Gasteiger partial charge in [-0.15, -0.1) is 0 Å². The van der Waals surface area contributed by atoms with Gasteiger partial charge < -0.3 is 14.6 Å². The lowest BCUT2D eigenvalue weighted by atomic mass is 9.95. The number of benzene rings is 3. The molecule has 5 aromatic rings. The van der Waals surface area contributed by atoms with Crippen LogP contribution in [0.1, 0.15) is 31.0 Å². The van der Waals surface area contributed by atoms with E-state index in [0.29, 0.717) is 32.0 Å². The second kappa shape index (κ2) is 10.5. The maximum absolute atomic E-state index is 14.1. The summed E-state index contributed by atoms with van der Waals surface area (Å²) < 4.78 is 9.74. The van der Waals surface area contributed by atoms with Crippen molar-refractivity contribution < 1.29 is 9.53 Å². The van der Waals surface area contributed by atoms with Gasteiger partial charge in [-0.05, 0) is 55.8 Å². The summed E-state index contributed by atoms with van der Waals surface area (Å²) in [5.41, 5.74) is 4.38. The van der Waals surface area contributed by atoms with Gasteiger partial charge in [0.2, 0.25) is 0 Å². The Kier molecular flexibility index (Phi) is 6.69. The Balaban J connectivity index is 1.53. The number of anilines is 1. The van der Waals surface area contributed by atoms with E-state index in [-0.39, 0.29) is 11.5 Å². The number of methoxy groups -OCH3 is 1. The van der Waals surface area contributed by atoms with Crippen LogP contribution in [0.4, 0.5) is 5.69 Å².